The van der Waals surface area contributed by atoms with Gasteiger partial charge in [-0.05, 0) is 20.3 Å². The minimum absolute atomic E-state index is 0.0965. The van der Waals surface area contributed by atoms with Crippen LogP contribution in [-0.4, -0.2) is 62.7 Å². The molecule has 1 N–H and O–H groups in total. The van der Waals surface area contributed by atoms with Crippen LogP contribution in [0, 0.1) is 0 Å². The molecule has 0 radical (unpaired) electrons. The second-order valence-electron chi connectivity index (χ2n) is 4.27. The highest BCUT2D eigenvalue weighted by Crippen LogP contribution is 2.13. The summed E-state index contributed by atoms with van der Waals surface area (Å²) in [6.07, 6.45) is 0.952. The Labute approximate surface area is 93.2 Å². The summed E-state index contributed by atoms with van der Waals surface area (Å²) in [6.45, 7) is 7.51. The molecule has 92 valence electrons. The van der Waals surface area contributed by atoms with E-state index in [4.69, 9.17) is 14.6 Å². The highest BCUT2D eigenvalue weighted by atomic mass is 16.5. The fourth-order valence-electron chi connectivity index (χ4n) is 1.23. The molecule has 0 amide bonds. The molecular formula is C11H25NO3. The minimum Gasteiger partial charge on any atom is -0.395 e. The molecule has 0 aliphatic carbocycles. The maximum absolute atomic E-state index is 8.91. The average molecular weight is 219 g/mol. The number of ether oxygens (including phenoxy) is 2. The first-order chi connectivity index (χ1) is 7.05. The van der Waals surface area contributed by atoms with Gasteiger partial charge in [0, 0.05) is 33.9 Å². The van der Waals surface area contributed by atoms with Crippen LogP contribution in [0.3, 0.4) is 0 Å². The third-order valence-electron chi connectivity index (χ3n) is 2.61. The fourth-order valence-corrected chi connectivity index (χ4v) is 1.23. The SMILES string of the molecule is COCCN(CCO)CCC(C)(C)OC. The van der Waals surface area contributed by atoms with E-state index in [1.807, 2.05) is 0 Å². The summed E-state index contributed by atoms with van der Waals surface area (Å²) in [6, 6.07) is 0. The van der Waals surface area contributed by atoms with Gasteiger partial charge in [0.25, 0.3) is 0 Å². The molecule has 0 unspecified atom stereocenters. The van der Waals surface area contributed by atoms with Crippen LogP contribution in [0.25, 0.3) is 0 Å². The molecule has 0 saturated heterocycles. The molecule has 0 aromatic carbocycles. The number of aliphatic hydroxyl groups is 1. The Balaban J connectivity index is 3.83. The van der Waals surface area contributed by atoms with Crippen molar-refractivity contribution in [3.63, 3.8) is 0 Å². The van der Waals surface area contributed by atoms with E-state index in [-0.39, 0.29) is 12.2 Å². The second-order valence-corrected chi connectivity index (χ2v) is 4.27. The van der Waals surface area contributed by atoms with Gasteiger partial charge in [-0.2, -0.15) is 0 Å². The number of methoxy groups -OCH3 is 2. The maximum Gasteiger partial charge on any atom is 0.0634 e. The monoisotopic (exact) mass is 219 g/mol. The summed E-state index contributed by atoms with van der Waals surface area (Å²) in [7, 11) is 3.42. The topological polar surface area (TPSA) is 41.9 Å². The molecular weight excluding hydrogens is 194 g/mol. The molecule has 0 rings (SSSR count). The van der Waals surface area contributed by atoms with Crippen molar-refractivity contribution in [3.8, 4) is 0 Å². The van der Waals surface area contributed by atoms with Crippen LogP contribution in [-0.2, 0) is 9.47 Å². The van der Waals surface area contributed by atoms with Crippen LogP contribution in [0.5, 0.6) is 0 Å². The highest BCUT2D eigenvalue weighted by molar-refractivity contribution is 4.70. The first-order valence-corrected chi connectivity index (χ1v) is 5.43. The van der Waals surface area contributed by atoms with E-state index in [9.17, 15) is 0 Å². The first kappa shape index (κ1) is 14.8. The van der Waals surface area contributed by atoms with Crippen LogP contribution in [0.15, 0.2) is 0 Å². The molecule has 0 saturated carbocycles. The quantitative estimate of drug-likeness (QED) is 0.621. The number of hydrogen-bond acceptors (Lipinski definition) is 4. The fraction of sp³-hybridized carbons (Fsp3) is 1.00. The lowest BCUT2D eigenvalue weighted by Crippen LogP contribution is -2.35. The minimum atomic E-state index is -0.0965. The van der Waals surface area contributed by atoms with Gasteiger partial charge in [0.05, 0.1) is 18.8 Å². The van der Waals surface area contributed by atoms with Gasteiger partial charge < -0.3 is 14.6 Å². The zero-order chi connectivity index (χ0) is 11.7. The van der Waals surface area contributed by atoms with E-state index in [2.05, 4.69) is 18.7 Å². The Morgan fingerprint density at radius 3 is 2.27 bits per heavy atom. The van der Waals surface area contributed by atoms with E-state index >= 15 is 0 Å². The number of hydrogen-bond donors (Lipinski definition) is 1. The molecule has 0 heterocycles. The molecule has 0 aliphatic rings. The molecule has 0 bridgehead atoms. The predicted molar refractivity (Wildman–Crippen MR) is 61.1 cm³/mol. The van der Waals surface area contributed by atoms with Crippen LogP contribution >= 0.6 is 0 Å². The van der Waals surface area contributed by atoms with Gasteiger partial charge in [0.15, 0.2) is 0 Å². The van der Waals surface area contributed by atoms with Crippen molar-refractivity contribution in [3.05, 3.63) is 0 Å². The highest BCUT2D eigenvalue weighted by Gasteiger charge is 2.17. The molecule has 0 fully saturated rings. The van der Waals surface area contributed by atoms with Crippen LogP contribution in [0.1, 0.15) is 20.3 Å². The van der Waals surface area contributed by atoms with E-state index in [1.54, 1.807) is 14.2 Å². The lowest BCUT2D eigenvalue weighted by atomic mass is 10.1. The predicted octanol–water partition coefficient (Wildman–Crippen LogP) is 0.742. The third-order valence-corrected chi connectivity index (χ3v) is 2.61. The summed E-state index contributed by atoms with van der Waals surface area (Å²) in [4.78, 5) is 2.18. The Hall–Kier alpha value is -0.160. The Morgan fingerprint density at radius 1 is 1.13 bits per heavy atom. The standard InChI is InChI=1S/C11H25NO3/c1-11(2,15-4)5-6-12(7-9-13)8-10-14-3/h13H,5-10H2,1-4H3. The summed E-state index contributed by atoms with van der Waals surface area (Å²) in [5.41, 5.74) is -0.0965. The maximum atomic E-state index is 8.91. The van der Waals surface area contributed by atoms with Crippen molar-refractivity contribution in [2.24, 2.45) is 0 Å². The Bertz CT molecular complexity index is 151. The van der Waals surface area contributed by atoms with Crippen molar-refractivity contribution in [2.45, 2.75) is 25.9 Å². The van der Waals surface area contributed by atoms with E-state index < -0.39 is 0 Å². The summed E-state index contributed by atoms with van der Waals surface area (Å²) in [5.74, 6) is 0. The largest absolute Gasteiger partial charge is 0.395 e. The molecule has 0 aromatic rings. The van der Waals surface area contributed by atoms with Crippen LogP contribution in [0.4, 0.5) is 0 Å². The van der Waals surface area contributed by atoms with E-state index in [0.29, 0.717) is 13.2 Å². The summed E-state index contributed by atoms with van der Waals surface area (Å²) < 4.78 is 10.4. The molecule has 0 atom stereocenters. The van der Waals surface area contributed by atoms with Crippen molar-refractivity contribution in [1.82, 2.24) is 4.90 Å². The Kier molecular flexibility index (Phi) is 7.96. The van der Waals surface area contributed by atoms with Crippen molar-refractivity contribution >= 4 is 0 Å². The van der Waals surface area contributed by atoms with Crippen molar-refractivity contribution < 1.29 is 14.6 Å². The molecule has 4 nitrogen and oxygen atoms in total. The third kappa shape index (κ3) is 7.73. The van der Waals surface area contributed by atoms with Crippen molar-refractivity contribution in [2.75, 3.05) is 47.1 Å². The zero-order valence-electron chi connectivity index (χ0n) is 10.5. The van der Waals surface area contributed by atoms with Crippen LogP contribution < -0.4 is 0 Å². The zero-order valence-corrected chi connectivity index (χ0v) is 10.5. The van der Waals surface area contributed by atoms with Gasteiger partial charge in [0.2, 0.25) is 0 Å². The van der Waals surface area contributed by atoms with Crippen molar-refractivity contribution in [1.29, 1.82) is 0 Å². The number of aliphatic hydroxyl groups excluding tert-OH is 1. The normalized spacial score (nSPS) is 12.4. The van der Waals surface area contributed by atoms with Gasteiger partial charge in [-0.25, -0.2) is 0 Å². The molecule has 4 heteroatoms. The number of nitrogens with zero attached hydrogens (tertiary/aromatic N) is 1. The van der Waals surface area contributed by atoms with Gasteiger partial charge in [-0.1, -0.05) is 0 Å². The summed E-state index contributed by atoms with van der Waals surface area (Å²) >= 11 is 0. The second kappa shape index (κ2) is 8.05. The molecule has 0 aliphatic heterocycles. The van der Waals surface area contributed by atoms with E-state index in [0.717, 1.165) is 19.5 Å². The smallest absolute Gasteiger partial charge is 0.0634 e. The average Bonchev–Trinajstić information content (AvgIpc) is 2.22. The van der Waals surface area contributed by atoms with Gasteiger partial charge in [0.1, 0.15) is 0 Å². The Morgan fingerprint density at radius 2 is 1.80 bits per heavy atom. The lowest BCUT2D eigenvalue weighted by molar-refractivity contribution is 0.00444. The van der Waals surface area contributed by atoms with E-state index in [1.165, 1.54) is 0 Å². The lowest BCUT2D eigenvalue weighted by Gasteiger charge is -2.27. The van der Waals surface area contributed by atoms with Gasteiger partial charge >= 0.3 is 0 Å². The molecule has 15 heavy (non-hydrogen) atoms. The molecule has 0 spiro atoms. The number of rotatable bonds is 9. The van der Waals surface area contributed by atoms with Gasteiger partial charge in [-0.3, -0.25) is 4.90 Å². The molecule has 0 aromatic heterocycles. The van der Waals surface area contributed by atoms with Gasteiger partial charge in [-0.15, -0.1) is 0 Å². The first-order valence-electron chi connectivity index (χ1n) is 5.43. The van der Waals surface area contributed by atoms with Crippen LogP contribution in [0.2, 0.25) is 0 Å². The summed E-state index contributed by atoms with van der Waals surface area (Å²) in [5, 5.41) is 8.91.